The maximum atomic E-state index is 11.7. The fraction of sp³-hybridized carbons (Fsp3) is 0.444. The van der Waals surface area contributed by atoms with Gasteiger partial charge in [0, 0.05) is 126 Å². The summed E-state index contributed by atoms with van der Waals surface area (Å²) in [6, 6.07) is 36.7. The molecule has 0 unspecified atom stereocenters. The fourth-order valence-corrected chi connectivity index (χ4v) is 6.43. The normalized spacial score (nSPS) is 10.5. The maximum absolute atomic E-state index is 11.7. The van der Waals surface area contributed by atoms with Crippen molar-refractivity contribution < 1.29 is 75.8 Å². The zero-order valence-electron chi connectivity index (χ0n) is 56.3. The number of carbonyl (C=O) groups excluding carboxylic acids is 2. The topological polar surface area (TPSA) is 369 Å². The Labute approximate surface area is 548 Å². The number of nitrogens with zero attached hydrogens (tertiary/aromatic N) is 6. The third kappa shape index (κ3) is 38.7. The van der Waals surface area contributed by atoms with Gasteiger partial charge in [0.1, 0.15) is 11.2 Å². The molecule has 0 aliphatic heterocycles. The van der Waals surface area contributed by atoms with Gasteiger partial charge in [0.25, 0.3) is 22.7 Å². The Morgan fingerprint density at radius 2 is 0.833 bits per heavy atom. The molecule has 0 aromatic heterocycles. The summed E-state index contributed by atoms with van der Waals surface area (Å²) < 4.78 is 41.4. The second kappa shape index (κ2) is 44.9. The van der Waals surface area contributed by atoms with E-state index in [4.69, 9.17) is 39.3 Å². The number of benzene rings is 5. The number of ether oxygens (including phenoxy) is 2. The third-order valence-electron chi connectivity index (χ3n) is 11.6. The zero-order valence-corrected chi connectivity index (χ0v) is 55.9. The molecule has 0 heterocycles. The van der Waals surface area contributed by atoms with Crippen LogP contribution < -0.4 is 22.1 Å². The van der Waals surface area contributed by atoms with Crippen molar-refractivity contribution in [1.29, 1.82) is 10.5 Å². The molecule has 499 valence electrons. The van der Waals surface area contributed by atoms with E-state index >= 15 is 0 Å². The van der Waals surface area contributed by atoms with Crippen LogP contribution in [0.5, 0.6) is 0 Å². The maximum Gasteiger partial charge on any atom is 0.407 e. The van der Waals surface area contributed by atoms with Crippen molar-refractivity contribution in [2.45, 2.75) is 143 Å². The number of rotatable bonds is 14. The number of nitriles is 2. The molecular weight excluding hydrogens is 1260 g/mol. The number of hydrogen-bond donors (Lipinski definition) is 5. The average molecular weight is 1350 g/mol. The quantitative estimate of drug-likeness (QED) is 0.0227. The molecule has 0 aliphatic rings. The van der Waals surface area contributed by atoms with Gasteiger partial charge in [-0.1, -0.05) is 102 Å². The number of aliphatic hydroxyl groups is 1. The minimum Gasteiger partial charge on any atom is -0.444 e. The monoisotopic (exact) mass is 1350 g/mol. The number of hydrogen-bond acceptors (Lipinski definition) is 17. The van der Waals surface area contributed by atoms with Gasteiger partial charge < -0.3 is 44.1 Å². The van der Waals surface area contributed by atoms with Crippen molar-refractivity contribution in [3.05, 3.63) is 197 Å². The van der Waals surface area contributed by atoms with Gasteiger partial charge in [0.2, 0.25) is 0 Å². The van der Waals surface area contributed by atoms with Crippen LogP contribution in [-0.4, -0.2) is 97.1 Å². The molecular formula is C63H91BF2N10O13Pd-. The molecule has 90 heavy (non-hydrogen) atoms. The van der Waals surface area contributed by atoms with Crippen LogP contribution in [0.2, 0.25) is 0 Å². The van der Waals surface area contributed by atoms with Gasteiger partial charge in [-0.05, 0) is 102 Å². The minimum absolute atomic E-state index is 0. The van der Waals surface area contributed by atoms with E-state index < -0.39 is 62.8 Å². The molecule has 0 spiro atoms. The van der Waals surface area contributed by atoms with Crippen LogP contribution in [-0.2, 0) is 58.0 Å². The van der Waals surface area contributed by atoms with Gasteiger partial charge in [-0.25, -0.2) is 9.59 Å². The molecule has 5 rings (SSSR count). The van der Waals surface area contributed by atoms with Gasteiger partial charge in [0.05, 0.1) is 60.7 Å². The van der Waals surface area contributed by atoms with Crippen LogP contribution in [0.1, 0.15) is 134 Å². The number of carbonyl (C=O) groups is 2. The third-order valence-corrected chi connectivity index (χ3v) is 11.6. The van der Waals surface area contributed by atoms with Crippen molar-refractivity contribution in [2.75, 3.05) is 46.3 Å². The fourth-order valence-electron chi connectivity index (χ4n) is 6.43. The molecule has 0 saturated carbocycles. The van der Waals surface area contributed by atoms with Gasteiger partial charge in [-0.3, -0.25) is 49.2 Å². The number of nitrogens with two attached hydrogens (primary N) is 2. The van der Waals surface area contributed by atoms with E-state index in [-0.39, 0.29) is 88.3 Å². The van der Waals surface area contributed by atoms with Crippen molar-refractivity contribution in [1.82, 2.24) is 10.6 Å². The number of alkyl carbamates (subject to hydrolysis) is 2. The second-order valence-corrected chi connectivity index (χ2v) is 22.9. The average Bonchev–Trinajstić information content (AvgIpc) is 0.908. The Morgan fingerprint density at radius 1 is 0.589 bits per heavy atom. The number of nitro benzene ring substituents is 4. The van der Waals surface area contributed by atoms with Crippen molar-refractivity contribution >= 4 is 49.0 Å². The molecule has 0 saturated heterocycles. The Balaban J connectivity index is -0.000000243. The van der Waals surface area contributed by atoms with Crippen LogP contribution in [0.4, 0.5) is 46.8 Å². The number of nitro groups is 4. The molecule has 0 atom stereocenters. The van der Waals surface area contributed by atoms with Crippen LogP contribution in [0.25, 0.3) is 0 Å². The van der Waals surface area contributed by atoms with Gasteiger partial charge in [-0.2, -0.15) is 10.5 Å². The van der Waals surface area contributed by atoms with Gasteiger partial charge in [-0.15, -0.1) is 0 Å². The summed E-state index contributed by atoms with van der Waals surface area (Å²) in [7, 11) is -2.00. The van der Waals surface area contributed by atoms with E-state index in [1.54, 1.807) is 90.1 Å². The molecule has 23 nitrogen and oxygen atoms in total. The predicted octanol–water partition coefficient (Wildman–Crippen LogP) is 13.6. The zero-order chi connectivity index (χ0) is 69.6. The Morgan fingerprint density at radius 3 is 1.07 bits per heavy atom. The van der Waals surface area contributed by atoms with Crippen molar-refractivity contribution in [3.63, 3.8) is 0 Å². The van der Waals surface area contributed by atoms with Crippen LogP contribution >= 0.6 is 0 Å². The van der Waals surface area contributed by atoms with Crippen LogP contribution in [0, 0.1) is 70.5 Å². The van der Waals surface area contributed by atoms with Crippen molar-refractivity contribution in [2.24, 2.45) is 5.73 Å². The van der Waals surface area contributed by atoms with Crippen molar-refractivity contribution in [3.8, 4) is 12.1 Å². The summed E-state index contributed by atoms with van der Waals surface area (Å²) in [6.07, 6.45) is -0.577. The second-order valence-electron chi connectivity index (χ2n) is 22.9. The molecule has 27 heteroatoms. The number of halogens is 2. The summed E-state index contributed by atoms with van der Waals surface area (Å²) in [4.78, 5) is 63.2. The van der Waals surface area contributed by atoms with Gasteiger partial charge >= 0.3 is 12.2 Å². The molecule has 7 N–H and O–H groups in total. The number of non-ortho nitro benzene ring substituents is 4. The molecule has 2 amide bonds. The first-order valence-corrected chi connectivity index (χ1v) is 26.6. The van der Waals surface area contributed by atoms with E-state index in [2.05, 4.69) is 30.6 Å². The Bertz CT molecular complexity index is 3010. The molecule has 3 radical (unpaired) electrons. The summed E-state index contributed by atoms with van der Waals surface area (Å²) in [5, 5.41) is 71.9. The first-order chi connectivity index (χ1) is 41.0. The SMILES string of the molecule is CC(C)(C#N)c1ccc([N+](=O)[O-])cc1.CC(C)(C)OC(=O)NCC(C)(C)c1ccc(N)cc1.CC(C)(C)OC(=O)NCC(C)(C)c1ccc([N+](=O)[O-])cc1.CC(C)(CN)c1ccc([N+](=O)[O-])cc1.CCO.N#CCc1ccc([N+](=O)[O-])cc1.[2H]CF.[3H]CF.[B].[CH3-].[Pd]. The smallest absolute Gasteiger partial charge is 0.407 e. The minimum atomic E-state index is -1.00. The number of nitrogen functional groups attached to an aromatic ring is 1. The molecule has 0 bridgehead atoms. The van der Waals surface area contributed by atoms with Crippen LogP contribution in [0.15, 0.2) is 121 Å². The predicted molar refractivity (Wildman–Crippen MR) is 347 cm³/mol. The number of aliphatic hydroxyl groups excluding tert-OH is 1. The number of alkyl halides is 2. The number of nitrogens with one attached hydrogen (secondary N) is 2. The first-order valence-electron chi connectivity index (χ1n) is 28.0. The summed E-state index contributed by atoms with van der Waals surface area (Å²) in [6.45, 7) is 29.9. The molecule has 5 aromatic carbocycles. The standard InChI is InChI=1S/C15H22N2O4.C15H24N2O2.C10H14N2O2.C10H10N2O2.C8H6N2O2.C2H6O.2CH3F.CH3.B.Pd/c1-14(2,3)21-13(18)16-10-15(4,5)11-6-8-12(9-7-11)17(19)20;1-14(2,3)19-13(18)17-10-15(4,5)11-6-8-12(16)9-7-11;2*1-10(2,7-11)8-3-5-9(6-4-8)12(13)14;9-6-5-7-1-3-8(4-2-7)10(11)12;1-2-3;2*1-2;;;/h6-9H,10H2,1-5H3,(H,16,18);6-9H,10,16H2,1-5H3,(H,17,18);3-6H,7,11H2,1-2H3;3-6H,1-2H3;1-4H,5H2;3H,2H2,1H3;2*1H3;1H3;;/q;;;;;;;;-1;;/i;;;;;;1T;1D;;;. The molecule has 0 fully saturated rings. The van der Waals surface area contributed by atoms with Crippen LogP contribution in [0.3, 0.4) is 0 Å². The Kier molecular flexibility index (Phi) is 43.9. The number of amides is 2. The van der Waals surface area contributed by atoms with E-state index in [9.17, 15) is 58.8 Å². The largest absolute Gasteiger partial charge is 0.444 e. The van der Waals surface area contributed by atoms with E-state index in [1.807, 2.05) is 78.8 Å². The van der Waals surface area contributed by atoms with E-state index in [0.29, 0.717) is 19.6 Å². The summed E-state index contributed by atoms with van der Waals surface area (Å²) in [5.74, 6) is 0. The molecule has 0 aliphatic carbocycles. The van der Waals surface area contributed by atoms with E-state index in [0.717, 1.165) is 33.5 Å². The first kappa shape index (κ1) is 88.0. The summed E-state index contributed by atoms with van der Waals surface area (Å²) >= 11 is 0. The number of anilines is 1. The molecule has 5 aromatic rings. The Hall–Kier alpha value is -8.47. The summed E-state index contributed by atoms with van der Waals surface area (Å²) in [5.41, 5.74) is 14.6. The van der Waals surface area contributed by atoms with E-state index in [1.165, 1.54) is 48.5 Å². The van der Waals surface area contributed by atoms with Gasteiger partial charge in [0.15, 0.2) is 0 Å².